The molecule has 1 fully saturated rings. The van der Waals surface area contributed by atoms with Crippen LogP contribution in [0.25, 0.3) is 0 Å². The summed E-state index contributed by atoms with van der Waals surface area (Å²) in [4.78, 5) is 4.35. The van der Waals surface area contributed by atoms with Crippen LogP contribution in [0.1, 0.15) is 36.9 Å². The van der Waals surface area contributed by atoms with E-state index in [9.17, 15) is 0 Å². The Hall–Kier alpha value is -0.200. The molecule has 2 unspecified atom stereocenters. The standard InChI is InChI=1S/C9H15N3OS2/c1-5(10)9-11-8(12-13-9)7-6(2)14-3-4-15-7/h5-7H,3-4,10H2,1-2H3/t5-,6?,7?/m1/s1. The zero-order chi connectivity index (χ0) is 10.8. The number of nitrogens with two attached hydrogens (primary N) is 1. The number of aromatic nitrogens is 2. The van der Waals surface area contributed by atoms with Crippen LogP contribution in [0.4, 0.5) is 0 Å². The molecule has 0 bridgehead atoms. The van der Waals surface area contributed by atoms with Crippen molar-refractivity contribution < 1.29 is 4.52 Å². The molecule has 0 aliphatic carbocycles. The van der Waals surface area contributed by atoms with E-state index >= 15 is 0 Å². The second-order valence-corrected chi connectivity index (χ2v) is 6.38. The molecule has 0 amide bonds. The van der Waals surface area contributed by atoms with Crippen LogP contribution in [0.3, 0.4) is 0 Å². The predicted octanol–water partition coefficient (Wildman–Crippen LogP) is 2.00. The highest BCUT2D eigenvalue weighted by atomic mass is 32.2. The van der Waals surface area contributed by atoms with Gasteiger partial charge in [0, 0.05) is 16.8 Å². The van der Waals surface area contributed by atoms with Crippen LogP contribution >= 0.6 is 23.5 Å². The highest BCUT2D eigenvalue weighted by Gasteiger charge is 2.28. The van der Waals surface area contributed by atoms with E-state index in [1.165, 1.54) is 5.75 Å². The fourth-order valence-electron chi connectivity index (χ4n) is 1.46. The van der Waals surface area contributed by atoms with Crippen molar-refractivity contribution in [2.45, 2.75) is 30.4 Å². The molecule has 1 aliphatic rings. The molecule has 1 aromatic rings. The maximum atomic E-state index is 5.68. The monoisotopic (exact) mass is 245 g/mol. The minimum absolute atomic E-state index is 0.178. The van der Waals surface area contributed by atoms with Gasteiger partial charge in [0.05, 0.1) is 11.3 Å². The fourth-order valence-corrected chi connectivity index (χ4v) is 4.14. The average molecular weight is 245 g/mol. The van der Waals surface area contributed by atoms with Gasteiger partial charge in [-0.2, -0.15) is 16.7 Å². The molecule has 1 saturated heterocycles. The molecular weight excluding hydrogens is 230 g/mol. The summed E-state index contributed by atoms with van der Waals surface area (Å²) in [6.45, 7) is 4.06. The molecule has 3 atom stereocenters. The molecule has 1 aliphatic heterocycles. The van der Waals surface area contributed by atoms with E-state index in [1.807, 2.05) is 30.4 Å². The van der Waals surface area contributed by atoms with Crippen LogP contribution in [0.2, 0.25) is 0 Å². The summed E-state index contributed by atoms with van der Waals surface area (Å²) in [6.07, 6.45) is 0. The van der Waals surface area contributed by atoms with Crippen LogP contribution in [0.15, 0.2) is 4.52 Å². The van der Waals surface area contributed by atoms with Crippen molar-refractivity contribution in [3.8, 4) is 0 Å². The Kier molecular flexibility index (Phi) is 3.58. The lowest BCUT2D eigenvalue weighted by atomic mass is 10.3. The summed E-state index contributed by atoms with van der Waals surface area (Å²) in [7, 11) is 0. The molecule has 84 valence electrons. The van der Waals surface area contributed by atoms with Crippen LogP contribution < -0.4 is 5.73 Å². The average Bonchev–Trinajstić information content (AvgIpc) is 2.67. The first-order valence-electron chi connectivity index (χ1n) is 5.00. The summed E-state index contributed by atoms with van der Waals surface area (Å²) in [6, 6.07) is -0.178. The Bertz CT molecular complexity index is 329. The number of hydrogen-bond donors (Lipinski definition) is 1. The highest BCUT2D eigenvalue weighted by molar-refractivity contribution is 8.06. The van der Waals surface area contributed by atoms with E-state index in [1.54, 1.807) is 0 Å². The Morgan fingerprint density at radius 3 is 2.80 bits per heavy atom. The van der Waals surface area contributed by atoms with Gasteiger partial charge in [-0.15, -0.1) is 11.8 Å². The summed E-state index contributed by atoms with van der Waals surface area (Å²) in [5.41, 5.74) is 5.68. The summed E-state index contributed by atoms with van der Waals surface area (Å²) >= 11 is 3.87. The van der Waals surface area contributed by atoms with Gasteiger partial charge < -0.3 is 10.3 Å². The molecule has 2 heterocycles. The van der Waals surface area contributed by atoms with Crippen molar-refractivity contribution >= 4 is 23.5 Å². The zero-order valence-electron chi connectivity index (χ0n) is 8.84. The van der Waals surface area contributed by atoms with Gasteiger partial charge >= 0.3 is 0 Å². The normalized spacial score (nSPS) is 29.0. The van der Waals surface area contributed by atoms with Gasteiger partial charge in [0.2, 0.25) is 5.89 Å². The number of nitrogens with zero attached hydrogens (tertiary/aromatic N) is 2. The van der Waals surface area contributed by atoms with Gasteiger partial charge in [-0.1, -0.05) is 12.1 Å². The second kappa shape index (κ2) is 4.76. The van der Waals surface area contributed by atoms with Crippen molar-refractivity contribution in [1.82, 2.24) is 10.1 Å². The van der Waals surface area contributed by atoms with E-state index in [2.05, 4.69) is 17.1 Å². The first-order valence-corrected chi connectivity index (χ1v) is 7.10. The van der Waals surface area contributed by atoms with Gasteiger partial charge in [0.25, 0.3) is 0 Å². The van der Waals surface area contributed by atoms with E-state index < -0.39 is 0 Å². The lowest BCUT2D eigenvalue weighted by Crippen LogP contribution is -2.17. The van der Waals surface area contributed by atoms with Crippen molar-refractivity contribution in [3.63, 3.8) is 0 Å². The Labute approximate surface area is 97.8 Å². The lowest BCUT2D eigenvalue weighted by molar-refractivity contribution is 0.357. The first kappa shape index (κ1) is 11.3. The Morgan fingerprint density at radius 2 is 2.20 bits per heavy atom. The molecule has 15 heavy (non-hydrogen) atoms. The van der Waals surface area contributed by atoms with Gasteiger partial charge in [0.1, 0.15) is 0 Å². The number of hydrogen-bond acceptors (Lipinski definition) is 6. The molecule has 2 N–H and O–H groups in total. The van der Waals surface area contributed by atoms with Gasteiger partial charge in [-0.25, -0.2) is 0 Å². The molecule has 1 aromatic heterocycles. The molecule has 4 nitrogen and oxygen atoms in total. The second-order valence-electron chi connectivity index (χ2n) is 3.65. The summed E-state index contributed by atoms with van der Waals surface area (Å²) < 4.78 is 5.12. The quantitative estimate of drug-likeness (QED) is 0.859. The SMILES string of the molecule is CC1SCCSC1c1noc([C@@H](C)N)n1. The Balaban J connectivity index is 2.13. The minimum atomic E-state index is -0.178. The largest absolute Gasteiger partial charge is 0.338 e. The highest BCUT2D eigenvalue weighted by Crippen LogP contribution is 2.41. The topological polar surface area (TPSA) is 64.9 Å². The molecule has 0 radical (unpaired) electrons. The van der Waals surface area contributed by atoms with E-state index in [0.717, 1.165) is 11.6 Å². The third-order valence-corrected chi connectivity index (χ3v) is 5.38. The van der Waals surface area contributed by atoms with Crippen molar-refractivity contribution in [3.05, 3.63) is 11.7 Å². The summed E-state index contributed by atoms with van der Waals surface area (Å²) in [5.74, 6) is 3.70. The van der Waals surface area contributed by atoms with E-state index in [-0.39, 0.29) is 6.04 Å². The molecule has 0 saturated carbocycles. The van der Waals surface area contributed by atoms with Gasteiger partial charge in [0.15, 0.2) is 5.82 Å². The van der Waals surface area contributed by atoms with Crippen LogP contribution in [0, 0.1) is 0 Å². The Morgan fingerprint density at radius 1 is 1.47 bits per heavy atom. The smallest absolute Gasteiger partial charge is 0.243 e. The zero-order valence-corrected chi connectivity index (χ0v) is 10.5. The van der Waals surface area contributed by atoms with Crippen LogP contribution in [-0.2, 0) is 0 Å². The minimum Gasteiger partial charge on any atom is -0.338 e. The predicted molar refractivity (Wildman–Crippen MR) is 64.0 cm³/mol. The van der Waals surface area contributed by atoms with Crippen molar-refractivity contribution in [1.29, 1.82) is 0 Å². The molecule has 2 rings (SSSR count). The molecule has 0 spiro atoms. The number of thioether (sulfide) groups is 2. The third-order valence-electron chi connectivity index (χ3n) is 2.29. The fraction of sp³-hybridized carbons (Fsp3) is 0.778. The molecule has 0 aromatic carbocycles. The first-order chi connectivity index (χ1) is 7.18. The van der Waals surface area contributed by atoms with Gasteiger partial charge in [-0.05, 0) is 6.92 Å². The van der Waals surface area contributed by atoms with E-state index in [0.29, 0.717) is 16.4 Å². The van der Waals surface area contributed by atoms with Crippen LogP contribution in [0.5, 0.6) is 0 Å². The van der Waals surface area contributed by atoms with Crippen molar-refractivity contribution in [2.24, 2.45) is 5.73 Å². The van der Waals surface area contributed by atoms with Crippen molar-refractivity contribution in [2.75, 3.05) is 11.5 Å². The molecule has 6 heteroatoms. The van der Waals surface area contributed by atoms with Gasteiger partial charge in [-0.3, -0.25) is 0 Å². The third kappa shape index (κ3) is 2.49. The molecular formula is C9H15N3OS2. The number of rotatable bonds is 2. The maximum Gasteiger partial charge on any atom is 0.243 e. The van der Waals surface area contributed by atoms with E-state index in [4.69, 9.17) is 10.3 Å². The summed E-state index contributed by atoms with van der Waals surface area (Å²) in [5, 5.41) is 4.90. The maximum absolute atomic E-state index is 5.68. The van der Waals surface area contributed by atoms with Crippen LogP contribution in [-0.4, -0.2) is 26.9 Å². The lowest BCUT2D eigenvalue weighted by Gasteiger charge is -2.24.